The lowest BCUT2D eigenvalue weighted by Gasteiger charge is -2.28. The molecule has 5 heteroatoms. The Morgan fingerprint density at radius 3 is 2.76 bits per heavy atom. The highest BCUT2D eigenvalue weighted by Gasteiger charge is 2.63. The maximum absolute atomic E-state index is 11.7. The summed E-state index contributed by atoms with van der Waals surface area (Å²) in [7, 11) is 0. The monoisotopic (exact) mass is 242 g/mol. The first-order valence-electron chi connectivity index (χ1n) is 6.14. The van der Waals surface area contributed by atoms with Crippen LogP contribution in [0.4, 0.5) is 0 Å². The lowest BCUT2D eigenvalue weighted by Crippen LogP contribution is -2.37. The molecule has 0 unspecified atom stereocenters. The molecule has 1 spiro atoms. The zero-order chi connectivity index (χ0) is 12.3. The van der Waals surface area contributed by atoms with Crippen LogP contribution in [0, 0.1) is 5.41 Å². The Morgan fingerprint density at radius 2 is 2.18 bits per heavy atom. The number of carbonyl (C=O) groups is 1. The van der Waals surface area contributed by atoms with E-state index in [0.717, 1.165) is 12.8 Å². The molecule has 3 rings (SSSR count). The number of fused-ring (bicyclic) bond motifs is 1. The molecule has 0 amide bonds. The van der Waals surface area contributed by atoms with Gasteiger partial charge in [-0.15, -0.1) is 0 Å². The van der Waals surface area contributed by atoms with Crippen LogP contribution in [-0.4, -0.2) is 41.8 Å². The average Bonchev–Trinajstić information content (AvgIpc) is 2.89. The van der Waals surface area contributed by atoms with Crippen LogP contribution < -0.4 is 0 Å². The summed E-state index contributed by atoms with van der Waals surface area (Å²) in [6, 6.07) is 0. The van der Waals surface area contributed by atoms with Crippen molar-refractivity contribution in [2.45, 2.75) is 57.2 Å². The van der Waals surface area contributed by atoms with Crippen molar-refractivity contribution in [2.24, 2.45) is 5.41 Å². The van der Waals surface area contributed by atoms with Crippen LogP contribution in [0.25, 0.3) is 0 Å². The van der Waals surface area contributed by atoms with Gasteiger partial charge in [-0.3, -0.25) is 4.79 Å². The third-order valence-corrected chi connectivity index (χ3v) is 4.12. The minimum atomic E-state index is -0.638. The number of aliphatic hydroxyl groups is 1. The van der Waals surface area contributed by atoms with Gasteiger partial charge in [-0.25, -0.2) is 0 Å². The van der Waals surface area contributed by atoms with E-state index >= 15 is 0 Å². The average molecular weight is 242 g/mol. The van der Waals surface area contributed by atoms with Gasteiger partial charge in [0.25, 0.3) is 0 Å². The second-order valence-corrected chi connectivity index (χ2v) is 5.78. The summed E-state index contributed by atoms with van der Waals surface area (Å²) in [5.41, 5.74) is -0.602. The van der Waals surface area contributed by atoms with Gasteiger partial charge in [0, 0.05) is 12.8 Å². The first-order chi connectivity index (χ1) is 7.97. The van der Waals surface area contributed by atoms with Crippen LogP contribution in [0.1, 0.15) is 33.1 Å². The van der Waals surface area contributed by atoms with Crippen molar-refractivity contribution in [3.05, 3.63) is 0 Å². The number of hydrogen-bond donors (Lipinski definition) is 1. The van der Waals surface area contributed by atoms with Gasteiger partial charge in [-0.2, -0.15) is 0 Å². The van der Waals surface area contributed by atoms with Crippen LogP contribution in [0.15, 0.2) is 0 Å². The molecule has 0 aromatic rings. The Balaban J connectivity index is 1.78. The van der Waals surface area contributed by atoms with Crippen molar-refractivity contribution < 1.29 is 24.1 Å². The largest absolute Gasteiger partial charge is 0.459 e. The minimum absolute atomic E-state index is 0.0175. The molecule has 4 atom stereocenters. The molecule has 17 heavy (non-hydrogen) atoms. The molecular formula is C12H18O5. The Morgan fingerprint density at radius 1 is 1.41 bits per heavy atom. The maximum atomic E-state index is 11.7. The van der Waals surface area contributed by atoms with E-state index < -0.39 is 11.2 Å². The van der Waals surface area contributed by atoms with Crippen molar-refractivity contribution in [2.75, 3.05) is 6.61 Å². The maximum Gasteiger partial charge on any atom is 0.314 e. The molecule has 3 aliphatic heterocycles. The van der Waals surface area contributed by atoms with Gasteiger partial charge in [-0.1, -0.05) is 0 Å². The Kier molecular flexibility index (Phi) is 2.31. The predicted octanol–water partition coefficient (Wildman–Crippen LogP) is 0.594. The molecule has 0 aliphatic carbocycles. The van der Waals surface area contributed by atoms with E-state index in [4.69, 9.17) is 19.3 Å². The van der Waals surface area contributed by atoms with E-state index in [1.54, 1.807) is 0 Å². The summed E-state index contributed by atoms with van der Waals surface area (Å²) < 4.78 is 17.1. The van der Waals surface area contributed by atoms with Crippen LogP contribution >= 0.6 is 0 Å². The van der Waals surface area contributed by atoms with Crippen LogP contribution in [0.3, 0.4) is 0 Å². The van der Waals surface area contributed by atoms with Crippen molar-refractivity contribution in [3.63, 3.8) is 0 Å². The molecular weight excluding hydrogens is 224 g/mol. The van der Waals surface area contributed by atoms with Gasteiger partial charge < -0.3 is 19.3 Å². The molecule has 0 radical (unpaired) electrons. The number of aliphatic hydroxyl groups excluding tert-OH is 1. The summed E-state index contributed by atoms with van der Waals surface area (Å²) in [6.07, 6.45) is 1.57. The highest BCUT2D eigenvalue weighted by atomic mass is 16.7. The lowest BCUT2D eigenvalue weighted by molar-refractivity contribution is -0.231. The third kappa shape index (κ3) is 1.53. The zero-order valence-electron chi connectivity index (χ0n) is 10.1. The second kappa shape index (κ2) is 3.43. The Labute approximate surface area is 100 Å². The molecule has 96 valence electrons. The molecule has 3 fully saturated rings. The SMILES string of the molecule is CC1(C)C(=O)O[C@H]2C[C@]3(CC[C@@H](CO)O3)O[C@H]21. The number of hydrogen-bond acceptors (Lipinski definition) is 5. The van der Waals surface area contributed by atoms with Crippen molar-refractivity contribution in [1.29, 1.82) is 0 Å². The number of carbonyl (C=O) groups excluding carboxylic acids is 1. The van der Waals surface area contributed by atoms with Crippen molar-refractivity contribution in [1.82, 2.24) is 0 Å². The molecule has 0 bridgehead atoms. The molecule has 0 saturated carbocycles. The first kappa shape index (κ1) is 11.4. The molecule has 3 aliphatic rings. The van der Waals surface area contributed by atoms with Gasteiger partial charge in [0.15, 0.2) is 5.79 Å². The normalized spacial score (nSPS) is 47.5. The molecule has 5 nitrogen and oxygen atoms in total. The van der Waals surface area contributed by atoms with Crippen LogP contribution in [-0.2, 0) is 19.0 Å². The fourth-order valence-corrected chi connectivity index (χ4v) is 3.06. The van der Waals surface area contributed by atoms with Crippen molar-refractivity contribution in [3.8, 4) is 0 Å². The van der Waals surface area contributed by atoms with Gasteiger partial charge in [-0.05, 0) is 20.3 Å². The predicted molar refractivity (Wildman–Crippen MR) is 57.1 cm³/mol. The van der Waals surface area contributed by atoms with Gasteiger partial charge >= 0.3 is 5.97 Å². The van der Waals surface area contributed by atoms with E-state index in [0.29, 0.717) is 6.42 Å². The first-order valence-corrected chi connectivity index (χ1v) is 6.14. The van der Waals surface area contributed by atoms with Crippen molar-refractivity contribution >= 4 is 5.97 Å². The third-order valence-electron chi connectivity index (χ3n) is 4.12. The quantitative estimate of drug-likeness (QED) is 0.682. The van der Waals surface area contributed by atoms with Gasteiger partial charge in [0.1, 0.15) is 12.2 Å². The van der Waals surface area contributed by atoms with Crippen LogP contribution in [0.2, 0.25) is 0 Å². The highest BCUT2D eigenvalue weighted by molar-refractivity contribution is 5.79. The topological polar surface area (TPSA) is 65.0 Å². The summed E-state index contributed by atoms with van der Waals surface area (Å²) >= 11 is 0. The zero-order valence-corrected chi connectivity index (χ0v) is 10.1. The Bertz CT molecular complexity index is 353. The number of esters is 1. The Hall–Kier alpha value is -0.650. The molecule has 3 heterocycles. The smallest absolute Gasteiger partial charge is 0.314 e. The van der Waals surface area contributed by atoms with E-state index in [1.165, 1.54) is 0 Å². The minimum Gasteiger partial charge on any atom is -0.459 e. The van der Waals surface area contributed by atoms with E-state index in [2.05, 4.69) is 0 Å². The summed E-state index contributed by atoms with van der Waals surface area (Å²) in [6.45, 7) is 3.71. The van der Waals surface area contributed by atoms with E-state index in [-0.39, 0.29) is 30.9 Å². The fourth-order valence-electron chi connectivity index (χ4n) is 3.06. The summed E-state index contributed by atoms with van der Waals surface area (Å²) in [5, 5.41) is 9.09. The van der Waals surface area contributed by atoms with E-state index in [1.807, 2.05) is 13.8 Å². The lowest BCUT2D eigenvalue weighted by atomic mass is 9.87. The fraction of sp³-hybridized carbons (Fsp3) is 0.917. The van der Waals surface area contributed by atoms with Gasteiger partial charge in [0.05, 0.1) is 18.1 Å². The number of rotatable bonds is 1. The van der Waals surface area contributed by atoms with Crippen LogP contribution in [0.5, 0.6) is 0 Å². The summed E-state index contributed by atoms with van der Waals surface area (Å²) in [4.78, 5) is 11.7. The molecule has 0 aromatic carbocycles. The molecule has 3 saturated heterocycles. The molecule has 1 N–H and O–H groups in total. The number of ether oxygens (including phenoxy) is 3. The molecule has 0 aromatic heterocycles. The highest BCUT2D eigenvalue weighted by Crippen LogP contribution is 2.51. The van der Waals surface area contributed by atoms with E-state index in [9.17, 15) is 4.79 Å². The second-order valence-electron chi connectivity index (χ2n) is 5.78. The summed E-state index contributed by atoms with van der Waals surface area (Å²) in [5.74, 6) is -0.834. The van der Waals surface area contributed by atoms with Gasteiger partial charge in [0.2, 0.25) is 0 Å². The standard InChI is InChI=1S/C12H18O5/c1-11(2)9-8(15-10(11)14)5-12(17-9)4-3-7(6-13)16-12/h7-9,13H,3-6H2,1-2H3/t7-,8-,9+,12-/m0/s1.